The molecule has 1 N–H and O–H groups in total. The van der Waals surface area contributed by atoms with E-state index in [1.807, 2.05) is 6.08 Å². The fraction of sp³-hybridized carbons (Fsp3) is 0.750. The van der Waals surface area contributed by atoms with Gasteiger partial charge in [0.2, 0.25) is 0 Å². The van der Waals surface area contributed by atoms with Crippen molar-refractivity contribution in [3.63, 3.8) is 0 Å². The van der Waals surface area contributed by atoms with Crippen LogP contribution < -0.4 is 0 Å². The Balaban J connectivity index is 2.06. The van der Waals surface area contributed by atoms with Crippen LogP contribution in [0.1, 0.15) is 19.3 Å². The molecule has 58 valence electrons. The molecule has 0 aromatic heterocycles. The number of ether oxygens (including phenoxy) is 1. The van der Waals surface area contributed by atoms with Gasteiger partial charge in [-0.25, -0.2) is 0 Å². The van der Waals surface area contributed by atoms with E-state index in [0.717, 1.165) is 13.0 Å². The van der Waals surface area contributed by atoms with Gasteiger partial charge in [-0.15, -0.1) is 0 Å². The Morgan fingerprint density at radius 3 is 3.00 bits per heavy atom. The second kappa shape index (κ2) is 4.47. The van der Waals surface area contributed by atoms with E-state index >= 15 is 0 Å². The quantitative estimate of drug-likeness (QED) is 0.598. The predicted molar refractivity (Wildman–Crippen MR) is 39.8 cm³/mol. The van der Waals surface area contributed by atoms with E-state index < -0.39 is 0 Å². The summed E-state index contributed by atoms with van der Waals surface area (Å²) in [6.45, 7) is 1.06. The summed E-state index contributed by atoms with van der Waals surface area (Å²) >= 11 is 0. The third-order valence-electron chi connectivity index (χ3n) is 1.70. The number of hydrogen-bond acceptors (Lipinski definition) is 2. The summed E-state index contributed by atoms with van der Waals surface area (Å²) in [7, 11) is 0. The van der Waals surface area contributed by atoms with Gasteiger partial charge in [-0.2, -0.15) is 0 Å². The van der Waals surface area contributed by atoms with Gasteiger partial charge in [-0.05, 0) is 19.3 Å². The van der Waals surface area contributed by atoms with Crippen LogP contribution in [-0.4, -0.2) is 24.4 Å². The molecule has 1 heterocycles. The fourth-order valence-electron chi connectivity index (χ4n) is 1.15. The Labute approximate surface area is 61.5 Å². The maximum absolute atomic E-state index is 8.41. The molecule has 2 nitrogen and oxygen atoms in total. The summed E-state index contributed by atoms with van der Waals surface area (Å²) in [5.41, 5.74) is 0. The van der Waals surface area contributed by atoms with Crippen LogP contribution in [-0.2, 0) is 4.74 Å². The summed E-state index contributed by atoms with van der Waals surface area (Å²) in [5, 5.41) is 8.41. The summed E-state index contributed by atoms with van der Waals surface area (Å²) in [5.74, 6) is 0. The van der Waals surface area contributed by atoms with Gasteiger partial charge in [0.1, 0.15) is 0 Å². The third kappa shape index (κ3) is 2.50. The molecule has 0 spiro atoms. The maximum Gasteiger partial charge on any atom is 0.0612 e. The topological polar surface area (TPSA) is 29.5 Å². The Bertz CT molecular complexity index is 104. The normalized spacial score (nSPS) is 26.3. The second-order valence-electron chi connectivity index (χ2n) is 2.52. The minimum Gasteiger partial charge on any atom is -0.392 e. The molecule has 1 aliphatic rings. The molecule has 0 aromatic carbocycles. The van der Waals surface area contributed by atoms with Gasteiger partial charge in [0.25, 0.3) is 0 Å². The van der Waals surface area contributed by atoms with E-state index in [4.69, 9.17) is 9.84 Å². The summed E-state index contributed by atoms with van der Waals surface area (Å²) in [4.78, 5) is 0. The molecular weight excluding hydrogens is 128 g/mol. The van der Waals surface area contributed by atoms with Crippen molar-refractivity contribution in [1.29, 1.82) is 0 Å². The van der Waals surface area contributed by atoms with Crippen LogP contribution in [0.4, 0.5) is 0 Å². The summed E-state index contributed by atoms with van der Waals surface area (Å²) in [6.07, 6.45) is 7.49. The second-order valence-corrected chi connectivity index (χ2v) is 2.52. The monoisotopic (exact) mass is 142 g/mol. The fourth-order valence-corrected chi connectivity index (χ4v) is 1.15. The minimum absolute atomic E-state index is 0.146. The van der Waals surface area contributed by atoms with Crippen molar-refractivity contribution < 1.29 is 9.84 Å². The van der Waals surface area contributed by atoms with Crippen molar-refractivity contribution >= 4 is 0 Å². The largest absolute Gasteiger partial charge is 0.392 e. The highest BCUT2D eigenvalue weighted by molar-refractivity contribution is 4.84. The molecule has 1 rings (SSSR count). The highest BCUT2D eigenvalue weighted by atomic mass is 16.5. The van der Waals surface area contributed by atoms with Crippen molar-refractivity contribution in [3.05, 3.63) is 12.2 Å². The van der Waals surface area contributed by atoms with Crippen molar-refractivity contribution in [2.24, 2.45) is 0 Å². The zero-order valence-corrected chi connectivity index (χ0v) is 6.12. The van der Waals surface area contributed by atoms with Crippen LogP contribution in [0.15, 0.2) is 12.2 Å². The van der Waals surface area contributed by atoms with E-state index in [1.54, 1.807) is 6.08 Å². The zero-order chi connectivity index (χ0) is 7.23. The molecule has 0 aromatic rings. The summed E-state index contributed by atoms with van der Waals surface area (Å²) in [6, 6.07) is 0. The first-order valence-corrected chi connectivity index (χ1v) is 3.81. The Kier molecular flexibility index (Phi) is 3.47. The lowest BCUT2D eigenvalue weighted by Gasteiger charge is -2.03. The van der Waals surface area contributed by atoms with Crippen LogP contribution in [0.25, 0.3) is 0 Å². The first kappa shape index (κ1) is 7.76. The van der Waals surface area contributed by atoms with Crippen LogP contribution in [0.3, 0.4) is 0 Å². The van der Waals surface area contributed by atoms with E-state index in [0.29, 0.717) is 6.10 Å². The van der Waals surface area contributed by atoms with Crippen LogP contribution >= 0.6 is 0 Å². The van der Waals surface area contributed by atoms with E-state index in [-0.39, 0.29) is 6.61 Å². The molecule has 1 fully saturated rings. The number of aliphatic hydroxyl groups excluding tert-OH is 1. The average Bonchev–Trinajstić information content (AvgIpc) is 2.41. The van der Waals surface area contributed by atoms with Gasteiger partial charge >= 0.3 is 0 Å². The minimum atomic E-state index is 0.146. The van der Waals surface area contributed by atoms with Crippen molar-refractivity contribution in [1.82, 2.24) is 0 Å². The molecule has 10 heavy (non-hydrogen) atoms. The van der Waals surface area contributed by atoms with E-state index in [1.165, 1.54) is 12.8 Å². The van der Waals surface area contributed by atoms with Gasteiger partial charge < -0.3 is 9.84 Å². The molecular formula is C8H14O2. The highest BCUT2D eigenvalue weighted by Gasteiger charge is 2.12. The molecule has 0 aliphatic carbocycles. The van der Waals surface area contributed by atoms with Gasteiger partial charge in [0, 0.05) is 6.61 Å². The lowest BCUT2D eigenvalue weighted by Crippen LogP contribution is -2.01. The van der Waals surface area contributed by atoms with Gasteiger partial charge in [0.15, 0.2) is 0 Å². The van der Waals surface area contributed by atoms with Crippen molar-refractivity contribution in [2.75, 3.05) is 13.2 Å². The predicted octanol–water partition coefficient (Wildman–Crippen LogP) is 1.10. The van der Waals surface area contributed by atoms with Crippen LogP contribution in [0.2, 0.25) is 0 Å². The Morgan fingerprint density at radius 1 is 1.50 bits per heavy atom. The smallest absolute Gasteiger partial charge is 0.0612 e. The van der Waals surface area contributed by atoms with Crippen LogP contribution in [0.5, 0.6) is 0 Å². The average molecular weight is 142 g/mol. The molecule has 1 aliphatic heterocycles. The molecule has 1 unspecified atom stereocenters. The van der Waals surface area contributed by atoms with E-state index in [2.05, 4.69) is 0 Å². The first-order chi connectivity index (χ1) is 4.93. The lowest BCUT2D eigenvalue weighted by molar-refractivity contribution is 0.113. The third-order valence-corrected chi connectivity index (χ3v) is 1.70. The molecule has 2 heteroatoms. The van der Waals surface area contributed by atoms with Crippen molar-refractivity contribution in [2.45, 2.75) is 25.4 Å². The Morgan fingerprint density at radius 2 is 2.40 bits per heavy atom. The Hall–Kier alpha value is -0.340. The lowest BCUT2D eigenvalue weighted by atomic mass is 10.2. The number of hydrogen-bond donors (Lipinski definition) is 1. The maximum atomic E-state index is 8.41. The molecule has 0 saturated carbocycles. The van der Waals surface area contributed by atoms with Crippen molar-refractivity contribution in [3.8, 4) is 0 Å². The van der Waals surface area contributed by atoms with Crippen LogP contribution in [0, 0.1) is 0 Å². The molecule has 0 bridgehead atoms. The molecule has 0 amide bonds. The van der Waals surface area contributed by atoms with E-state index in [9.17, 15) is 0 Å². The highest BCUT2D eigenvalue weighted by Crippen LogP contribution is 2.15. The number of rotatable bonds is 3. The van der Waals surface area contributed by atoms with Gasteiger partial charge in [-0.1, -0.05) is 12.2 Å². The standard InChI is InChI=1S/C8H14O2/c9-6-2-1-4-8-5-3-7-10-8/h1-2,8-9H,3-7H2/b2-1-. The molecule has 1 saturated heterocycles. The summed E-state index contributed by atoms with van der Waals surface area (Å²) < 4.78 is 5.37. The van der Waals surface area contributed by atoms with Gasteiger partial charge in [0.05, 0.1) is 12.7 Å². The number of aliphatic hydroxyl groups is 1. The molecule has 1 atom stereocenters. The zero-order valence-electron chi connectivity index (χ0n) is 6.12. The molecule has 0 radical (unpaired) electrons. The first-order valence-electron chi connectivity index (χ1n) is 3.81. The van der Waals surface area contributed by atoms with Gasteiger partial charge in [-0.3, -0.25) is 0 Å². The SMILES string of the molecule is OC/C=C\CC1CCCO1.